The first-order valence-electron chi connectivity index (χ1n) is 6.69. The summed E-state index contributed by atoms with van der Waals surface area (Å²) in [5, 5.41) is 0. The van der Waals surface area contributed by atoms with Gasteiger partial charge in [0.1, 0.15) is 0 Å². The fraction of sp³-hybridized carbons (Fsp3) is 0.643. The molecule has 2 unspecified atom stereocenters. The van der Waals surface area contributed by atoms with E-state index in [2.05, 4.69) is 23.0 Å². The van der Waals surface area contributed by atoms with E-state index < -0.39 is 0 Å². The van der Waals surface area contributed by atoms with Gasteiger partial charge in [0.25, 0.3) is 0 Å². The molecular formula is C14H23N3O. The summed E-state index contributed by atoms with van der Waals surface area (Å²) in [7, 11) is 2.13. The Morgan fingerprint density at radius 3 is 3.06 bits per heavy atom. The van der Waals surface area contributed by atoms with Gasteiger partial charge in [-0.05, 0) is 37.9 Å². The predicted molar refractivity (Wildman–Crippen MR) is 72.1 cm³/mol. The lowest BCUT2D eigenvalue weighted by Crippen LogP contribution is -2.45. The van der Waals surface area contributed by atoms with Gasteiger partial charge in [-0.25, -0.2) is 0 Å². The zero-order valence-electron chi connectivity index (χ0n) is 11.1. The van der Waals surface area contributed by atoms with Crippen LogP contribution >= 0.6 is 0 Å². The molecule has 2 heterocycles. The van der Waals surface area contributed by atoms with Crippen molar-refractivity contribution in [3.8, 4) is 0 Å². The largest absolute Gasteiger partial charge is 0.381 e. The van der Waals surface area contributed by atoms with Crippen LogP contribution in [0.1, 0.15) is 18.5 Å². The second-order valence-corrected chi connectivity index (χ2v) is 5.02. The zero-order chi connectivity index (χ0) is 12.8. The van der Waals surface area contributed by atoms with Gasteiger partial charge < -0.3 is 10.5 Å². The number of pyridine rings is 1. The molecule has 2 rings (SSSR count). The standard InChI is InChI=1S/C14H23N3O/c1-17(10-13-6-2-3-7-16-13)14(9-15)12-5-4-8-18-11-12/h2-3,6-7,12,14H,4-5,8-11,15H2,1H3. The topological polar surface area (TPSA) is 51.4 Å². The quantitative estimate of drug-likeness (QED) is 0.854. The number of hydrogen-bond acceptors (Lipinski definition) is 4. The van der Waals surface area contributed by atoms with Crippen LogP contribution in [0.2, 0.25) is 0 Å². The van der Waals surface area contributed by atoms with Gasteiger partial charge in [0.2, 0.25) is 0 Å². The average molecular weight is 249 g/mol. The molecule has 100 valence electrons. The van der Waals surface area contributed by atoms with Gasteiger partial charge in [-0.2, -0.15) is 0 Å². The highest BCUT2D eigenvalue weighted by Crippen LogP contribution is 2.21. The molecule has 1 saturated heterocycles. The SMILES string of the molecule is CN(Cc1ccccn1)C(CN)C1CCCOC1. The molecule has 0 saturated carbocycles. The number of ether oxygens (including phenoxy) is 1. The first-order chi connectivity index (χ1) is 8.81. The smallest absolute Gasteiger partial charge is 0.0543 e. The van der Waals surface area contributed by atoms with Crippen LogP contribution in [-0.4, -0.2) is 42.7 Å². The van der Waals surface area contributed by atoms with Crippen molar-refractivity contribution >= 4 is 0 Å². The summed E-state index contributed by atoms with van der Waals surface area (Å²) in [4.78, 5) is 6.67. The first-order valence-corrected chi connectivity index (χ1v) is 6.69. The van der Waals surface area contributed by atoms with E-state index in [0.717, 1.165) is 31.9 Å². The summed E-state index contributed by atoms with van der Waals surface area (Å²) < 4.78 is 5.57. The molecule has 0 bridgehead atoms. The van der Waals surface area contributed by atoms with Gasteiger partial charge in [-0.1, -0.05) is 6.07 Å². The van der Waals surface area contributed by atoms with E-state index in [1.807, 2.05) is 18.3 Å². The number of rotatable bonds is 5. The molecule has 2 N–H and O–H groups in total. The van der Waals surface area contributed by atoms with E-state index in [9.17, 15) is 0 Å². The van der Waals surface area contributed by atoms with Gasteiger partial charge in [-0.15, -0.1) is 0 Å². The van der Waals surface area contributed by atoms with Crippen LogP contribution in [0.4, 0.5) is 0 Å². The highest BCUT2D eigenvalue weighted by molar-refractivity contribution is 5.03. The number of hydrogen-bond donors (Lipinski definition) is 1. The number of aromatic nitrogens is 1. The van der Waals surface area contributed by atoms with Crippen LogP contribution in [0.5, 0.6) is 0 Å². The summed E-state index contributed by atoms with van der Waals surface area (Å²) in [5.74, 6) is 0.553. The second kappa shape index (κ2) is 6.83. The van der Waals surface area contributed by atoms with Crippen molar-refractivity contribution in [1.82, 2.24) is 9.88 Å². The van der Waals surface area contributed by atoms with Gasteiger partial charge in [0, 0.05) is 31.9 Å². The second-order valence-electron chi connectivity index (χ2n) is 5.02. The van der Waals surface area contributed by atoms with Crippen molar-refractivity contribution in [3.63, 3.8) is 0 Å². The van der Waals surface area contributed by atoms with E-state index in [1.54, 1.807) is 0 Å². The van der Waals surface area contributed by atoms with Crippen LogP contribution in [0.25, 0.3) is 0 Å². The summed E-state index contributed by atoms with van der Waals surface area (Å²) >= 11 is 0. The zero-order valence-corrected chi connectivity index (χ0v) is 11.1. The minimum atomic E-state index is 0.382. The molecule has 2 atom stereocenters. The summed E-state index contributed by atoms with van der Waals surface area (Å²) in [5.41, 5.74) is 7.03. The van der Waals surface area contributed by atoms with Gasteiger partial charge in [0.15, 0.2) is 0 Å². The minimum Gasteiger partial charge on any atom is -0.381 e. The van der Waals surface area contributed by atoms with Crippen LogP contribution < -0.4 is 5.73 Å². The lowest BCUT2D eigenvalue weighted by Gasteiger charge is -2.35. The maximum atomic E-state index is 5.94. The fourth-order valence-corrected chi connectivity index (χ4v) is 2.67. The normalized spacial score (nSPS) is 22.1. The Morgan fingerprint density at radius 2 is 2.44 bits per heavy atom. The average Bonchev–Trinajstić information content (AvgIpc) is 2.42. The van der Waals surface area contributed by atoms with Crippen molar-refractivity contribution in [2.24, 2.45) is 11.7 Å². The third-order valence-electron chi connectivity index (χ3n) is 3.68. The molecule has 1 fully saturated rings. The molecule has 0 aromatic carbocycles. The Morgan fingerprint density at radius 1 is 1.56 bits per heavy atom. The summed E-state index contributed by atoms with van der Waals surface area (Å²) in [6.45, 7) is 3.27. The molecule has 1 aromatic rings. The van der Waals surface area contributed by atoms with Crippen molar-refractivity contribution in [2.75, 3.05) is 26.8 Å². The molecule has 4 nitrogen and oxygen atoms in total. The molecule has 0 amide bonds. The van der Waals surface area contributed by atoms with Gasteiger partial charge in [0.05, 0.1) is 12.3 Å². The monoisotopic (exact) mass is 249 g/mol. The molecule has 1 aliphatic heterocycles. The maximum Gasteiger partial charge on any atom is 0.0543 e. The lowest BCUT2D eigenvalue weighted by molar-refractivity contribution is 0.0154. The molecule has 0 aliphatic carbocycles. The van der Waals surface area contributed by atoms with E-state index in [0.29, 0.717) is 18.5 Å². The summed E-state index contributed by atoms with van der Waals surface area (Å²) in [6.07, 6.45) is 4.21. The van der Waals surface area contributed by atoms with Crippen molar-refractivity contribution < 1.29 is 4.74 Å². The van der Waals surface area contributed by atoms with Crippen LogP contribution in [0, 0.1) is 5.92 Å². The highest BCUT2D eigenvalue weighted by atomic mass is 16.5. The van der Waals surface area contributed by atoms with Crippen LogP contribution in [-0.2, 0) is 11.3 Å². The van der Waals surface area contributed by atoms with Crippen molar-refractivity contribution in [3.05, 3.63) is 30.1 Å². The molecule has 0 spiro atoms. The predicted octanol–water partition coefficient (Wildman–Crippen LogP) is 1.27. The molecule has 0 radical (unpaired) electrons. The Hall–Kier alpha value is -0.970. The van der Waals surface area contributed by atoms with Crippen molar-refractivity contribution in [1.29, 1.82) is 0 Å². The van der Waals surface area contributed by atoms with Crippen LogP contribution in [0.3, 0.4) is 0 Å². The molecule has 1 aromatic heterocycles. The van der Waals surface area contributed by atoms with Crippen molar-refractivity contribution in [2.45, 2.75) is 25.4 Å². The van der Waals surface area contributed by atoms with E-state index in [4.69, 9.17) is 10.5 Å². The Balaban J connectivity index is 1.94. The Kier molecular flexibility index (Phi) is 5.11. The minimum absolute atomic E-state index is 0.382. The van der Waals surface area contributed by atoms with E-state index in [-0.39, 0.29) is 0 Å². The van der Waals surface area contributed by atoms with Gasteiger partial charge >= 0.3 is 0 Å². The molecule has 18 heavy (non-hydrogen) atoms. The number of likely N-dealkylation sites (N-methyl/N-ethyl adjacent to an activating group) is 1. The summed E-state index contributed by atoms with van der Waals surface area (Å²) in [6, 6.07) is 6.41. The Labute approximate surface area is 109 Å². The molecular weight excluding hydrogens is 226 g/mol. The van der Waals surface area contributed by atoms with Crippen LogP contribution in [0.15, 0.2) is 24.4 Å². The third-order valence-corrected chi connectivity index (χ3v) is 3.68. The molecule has 1 aliphatic rings. The fourth-order valence-electron chi connectivity index (χ4n) is 2.67. The van der Waals surface area contributed by atoms with E-state index in [1.165, 1.54) is 6.42 Å². The molecule has 4 heteroatoms. The van der Waals surface area contributed by atoms with E-state index >= 15 is 0 Å². The maximum absolute atomic E-state index is 5.94. The third kappa shape index (κ3) is 3.51. The first kappa shape index (κ1) is 13.5. The number of nitrogens with two attached hydrogens (primary N) is 1. The lowest BCUT2D eigenvalue weighted by atomic mass is 9.92. The Bertz CT molecular complexity index is 338. The highest BCUT2D eigenvalue weighted by Gasteiger charge is 2.26. The van der Waals surface area contributed by atoms with Gasteiger partial charge in [-0.3, -0.25) is 9.88 Å². The number of nitrogens with zero attached hydrogens (tertiary/aromatic N) is 2.